The quantitative estimate of drug-likeness (QED) is 0.675. The summed E-state index contributed by atoms with van der Waals surface area (Å²) in [6.07, 6.45) is 0. The van der Waals surface area contributed by atoms with E-state index in [2.05, 4.69) is 15.2 Å². The summed E-state index contributed by atoms with van der Waals surface area (Å²) >= 11 is 2.97. The predicted molar refractivity (Wildman–Crippen MR) is 99.5 cm³/mol. The van der Waals surface area contributed by atoms with Crippen LogP contribution in [0.3, 0.4) is 0 Å². The van der Waals surface area contributed by atoms with Crippen LogP contribution in [-0.2, 0) is 4.79 Å². The van der Waals surface area contributed by atoms with Crippen LogP contribution in [0.5, 0.6) is 0 Å². The summed E-state index contributed by atoms with van der Waals surface area (Å²) in [5.74, 6) is 0.790. The lowest BCUT2D eigenvalue weighted by atomic mass is 10.2. The van der Waals surface area contributed by atoms with Crippen LogP contribution >= 0.6 is 23.1 Å². The first-order valence-corrected chi connectivity index (χ1v) is 9.44. The molecule has 1 atom stereocenters. The number of carbonyl (C=O) groups is 1. The van der Waals surface area contributed by atoms with E-state index in [1.807, 2.05) is 61.7 Å². The molecule has 0 spiro atoms. The fourth-order valence-corrected chi connectivity index (χ4v) is 3.77. The standard InChI is InChI=1S/C17H18N4OS2/c1-3-21(13-8-5-4-6-9-13)16(22)12(2)24-17-18-15(19-20-17)14-10-7-11-23-14/h4-12H,3H2,1-2H3,(H,18,19,20)/t12-/m0/s1. The van der Waals surface area contributed by atoms with Gasteiger partial charge in [-0.1, -0.05) is 36.0 Å². The van der Waals surface area contributed by atoms with Gasteiger partial charge in [0.15, 0.2) is 5.82 Å². The van der Waals surface area contributed by atoms with E-state index in [0.717, 1.165) is 16.4 Å². The van der Waals surface area contributed by atoms with Crippen LogP contribution in [0.1, 0.15) is 13.8 Å². The molecule has 3 aromatic rings. The molecule has 0 bridgehead atoms. The number of benzene rings is 1. The number of aromatic amines is 1. The number of thiophene rings is 1. The number of amides is 1. The van der Waals surface area contributed by atoms with Crippen LogP contribution < -0.4 is 4.90 Å². The van der Waals surface area contributed by atoms with Crippen molar-refractivity contribution in [2.75, 3.05) is 11.4 Å². The summed E-state index contributed by atoms with van der Waals surface area (Å²) in [6, 6.07) is 13.7. The smallest absolute Gasteiger partial charge is 0.240 e. The molecular formula is C17H18N4OS2. The van der Waals surface area contributed by atoms with Crippen molar-refractivity contribution < 1.29 is 4.79 Å². The first kappa shape index (κ1) is 16.7. The highest BCUT2D eigenvalue weighted by Gasteiger charge is 2.23. The van der Waals surface area contributed by atoms with Gasteiger partial charge in [0.05, 0.1) is 10.1 Å². The Bertz CT molecular complexity index is 786. The van der Waals surface area contributed by atoms with Crippen LogP contribution in [0.25, 0.3) is 10.7 Å². The minimum absolute atomic E-state index is 0.0520. The van der Waals surface area contributed by atoms with Crippen molar-refractivity contribution in [2.45, 2.75) is 24.3 Å². The van der Waals surface area contributed by atoms with Gasteiger partial charge in [0.2, 0.25) is 11.1 Å². The molecule has 0 aliphatic heterocycles. The molecule has 0 radical (unpaired) electrons. The van der Waals surface area contributed by atoms with E-state index >= 15 is 0 Å². The molecule has 1 amide bonds. The van der Waals surface area contributed by atoms with Crippen molar-refractivity contribution >= 4 is 34.7 Å². The van der Waals surface area contributed by atoms with Crippen molar-refractivity contribution in [1.82, 2.24) is 15.2 Å². The first-order chi connectivity index (χ1) is 11.7. The Morgan fingerprint density at radius 2 is 2.08 bits per heavy atom. The van der Waals surface area contributed by atoms with E-state index in [0.29, 0.717) is 11.7 Å². The van der Waals surface area contributed by atoms with Crippen molar-refractivity contribution in [3.05, 3.63) is 47.8 Å². The molecule has 0 aliphatic rings. The molecule has 7 heteroatoms. The molecule has 0 fully saturated rings. The third-order valence-corrected chi connectivity index (χ3v) is 5.32. The van der Waals surface area contributed by atoms with E-state index < -0.39 is 0 Å². The van der Waals surface area contributed by atoms with Crippen LogP contribution in [0, 0.1) is 0 Å². The molecule has 1 N–H and O–H groups in total. The second kappa shape index (κ2) is 7.63. The Morgan fingerprint density at radius 1 is 1.29 bits per heavy atom. The minimum Gasteiger partial charge on any atom is -0.312 e. The summed E-state index contributed by atoms with van der Waals surface area (Å²) in [5.41, 5.74) is 0.909. The van der Waals surface area contributed by atoms with Crippen LogP contribution in [0.2, 0.25) is 0 Å². The van der Waals surface area contributed by atoms with Gasteiger partial charge in [-0.3, -0.25) is 9.89 Å². The first-order valence-electron chi connectivity index (χ1n) is 7.68. The van der Waals surface area contributed by atoms with E-state index in [-0.39, 0.29) is 11.2 Å². The largest absolute Gasteiger partial charge is 0.312 e. The van der Waals surface area contributed by atoms with Crippen LogP contribution in [0.15, 0.2) is 53.0 Å². The van der Waals surface area contributed by atoms with Gasteiger partial charge in [-0.15, -0.1) is 16.4 Å². The molecule has 0 unspecified atom stereocenters. The average Bonchev–Trinajstić information content (AvgIpc) is 3.27. The molecule has 1 aromatic carbocycles. The van der Waals surface area contributed by atoms with Gasteiger partial charge >= 0.3 is 0 Å². The maximum absolute atomic E-state index is 12.8. The fraction of sp³-hybridized carbons (Fsp3) is 0.235. The summed E-state index contributed by atoms with van der Waals surface area (Å²) in [4.78, 5) is 20.0. The Balaban J connectivity index is 1.70. The topological polar surface area (TPSA) is 61.9 Å². The molecule has 24 heavy (non-hydrogen) atoms. The molecule has 0 saturated carbocycles. The average molecular weight is 358 g/mol. The van der Waals surface area contributed by atoms with Gasteiger partial charge in [-0.25, -0.2) is 4.98 Å². The third-order valence-electron chi connectivity index (χ3n) is 3.50. The highest BCUT2D eigenvalue weighted by molar-refractivity contribution is 8.00. The van der Waals surface area contributed by atoms with Crippen molar-refractivity contribution in [1.29, 1.82) is 0 Å². The van der Waals surface area contributed by atoms with Crippen molar-refractivity contribution in [2.24, 2.45) is 0 Å². The van der Waals surface area contributed by atoms with E-state index in [9.17, 15) is 4.79 Å². The van der Waals surface area contributed by atoms with Crippen molar-refractivity contribution in [3.63, 3.8) is 0 Å². The lowest BCUT2D eigenvalue weighted by Crippen LogP contribution is -2.36. The Labute approximate surface area is 149 Å². The fourth-order valence-electron chi connectivity index (χ4n) is 2.32. The number of hydrogen-bond donors (Lipinski definition) is 1. The molecular weight excluding hydrogens is 340 g/mol. The zero-order valence-corrected chi connectivity index (χ0v) is 15.1. The summed E-state index contributed by atoms with van der Waals surface area (Å²) in [6.45, 7) is 4.49. The number of H-pyrrole nitrogens is 1. The highest BCUT2D eigenvalue weighted by atomic mass is 32.2. The Hall–Kier alpha value is -2.12. The number of hydrogen-bond acceptors (Lipinski definition) is 5. The number of aromatic nitrogens is 3. The lowest BCUT2D eigenvalue weighted by Gasteiger charge is -2.23. The van der Waals surface area contributed by atoms with Gasteiger partial charge in [0.1, 0.15) is 0 Å². The maximum Gasteiger partial charge on any atom is 0.240 e. The molecule has 5 nitrogen and oxygen atoms in total. The van der Waals surface area contributed by atoms with Gasteiger partial charge in [-0.05, 0) is 37.4 Å². The normalized spacial score (nSPS) is 12.1. The van der Waals surface area contributed by atoms with Crippen molar-refractivity contribution in [3.8, 4) is 10.7 Å². The zero-order valence-electron chi connectivity index (χ0n) is 13.5. The zero-order chi connectivity index (χ0) is 16.9. The molecule has 3 rings (SSSR count). The Kier molecular flexibility index (Phi) is 5.32. The molecule has 124 valence electrons. The number of nitrogens with zero attached hydrogens (tertiary/aromatic N) is 3. The van der Waals surface area contributed by atoms with E-state index in [1.165, 1.54) is 11.8 Å². The van der Waals surface area contributed by atoms with E-state index in [1.54, 1.807) is 16.2 Å². The highest BCUT2D eigenvalue weighted by Crippen LogP contribution is 2.27. The molecule has 2 aromatic heterocycles. The molecule has 2 heterocycles. The van der Waals surface area contributed by atoms with E-state index in [4.69, 9.17) is 0 Å². The number of rotatable bonds is 6. The SMILES string of the molecule is CCN(C(=O)[C@H](C)Sc1n[nH]c(-c2cccs2)n1)c1ccccc1. The number of anilines is 1. The predicted octanol–water partition coefficient (Wildman–Crippen LogP) is 4.07. The van der Waals surface area contributed by atoms with Crippen LogP contribution in [-0.4, -0.2) is 32.9 Å². The second-order valence-corrected chi connectivity index (χ2v) is 7.38. The van der Waals surface area contributed by atoms with Gasteiger partial charge in [0.25, 0.3) is 0 Å². The third kappa shape index (κ3) is 3.68. The summed E-state index contributed by atoms with van der Waals surface area (Å²) in [7, 11) is 0. The van der Waals surface area contributed by atoms with Gasteiger partial charge in [-0.2, -0.15) is 0 Å². The number of nitrogens with one attached hydrogen (secondary N) is 1. The van der Waals surface area contributed by atoms with Crippen LogP contribution in [0.4, 0.5) is 5.69 Å². The monoisotopic (exact) mass is 358 g/mol. The van der Waals surface area contributed by atoms with Gasteiger partial charge in [0, 0.05) is 12.2 Å². The second-order valence-electron chi connectivity index (χ2n) is 5.12. The number of para-hydroxylation sites is 1. The number of thioether (sulfide) groups is 1. The maximum atomic E-state index is 12.8. The lowest BCUT2D eigenvalue weighted by molar-refractivity contribution is -0.117. The van der Waals surface area contributed by atoms with Gasteiger partial charge < -0.3 is 4.90 Å². The Morgan fingerprint density at radius 3 is 2.75 bits per heavy atom. The molecule has 0 saturated heterocycles. The molecule has 0 aliphatic carbocycles. The summed E-state index contributed by atoms with van der Waals surface area (Å²) < 4.78 is 0. The number of carbonyl (C=O) groups excluding carboxylic acids is 1. The summed E-state index contributed by atoms with van der Waals surface area (Å²) in [5, 5.41) is 9.46. The minimum atomic E-state index is -0.267.